The van der Waals surface area contributed by atoms with Crippen LogP contribution in [0.25, 0.3) is 0 Å². The van der Waals surface area contributed by atoms with Crippen molar-refractivity contribution in [3.63, 3.8) is 0 Å². The third-order valence-corrected chi connectivity index (χ3v) is 2.34. The van der Waals surface area contributed by atoms with Gasteiger partial charge in [-0.2, -0.15) is 0 Å². The number of hydrogen-bond acceptors (Lipinski definition) is 2. The zero-order chi connectivity index (χ0) is 12.1. The first-order valence-electron chi connectivity index (χ1n) is 5.34. The Hall–Kier alpha value is -1.00. The molecule has 0 aliphatic carbocycles. The molecule has 0 aliphatic rings. The van der Waals surface area contributed by atoms with E-state index in [1.54, 1.807) is 6.92 Å². The molecule has 0 saturated heterocycles. The van der Waals surface area contributed by atoms with Crippen molar-refractivity contribution in [1.82, 2.24) is 5.32 Å². The molecule has 0 amide bonds. The van der Waals surface area contributed by atoms with Crippen LogP contribution >= 0.6 is 0 Å². The summed E-state index contributed by atoms with van der Waals surface area (Å²) < 4.78 is 26.1. The topological polar surface area (TPSA) is 32.3 Å². The predicted octanol–water partition coefficient (Wildman–Crippen LogP) is 2.21. The molecule has 2 unspecified atom stereocenters. The standard InChI is InChI=1S/C12H17F2NO/c1-8(5-9(2)16)15-7-10-6-11(13)3-4-12(10)14/h3-4,6,8-9,15-16H,5,7H2,1-2H3. The molecule has 2 atom stereocenters. The van der Waals surface area contributed by atoms with Crippen molar-refractivity contribution in [1.29, 1.82) is 0 Å². The minimum atomic E-state index is -0.443. The van der Waals surface area contributed by atoms with Gasteiger partial charge < -0.3 is 10.4 Å². The van der Waals surface area contributed by atoms with Crippen LogP contribution in [0.1, 0.15) is 25.8 Å². The summed E-state index contributed by atoms with van der Waals surface area (Å²) >= 11 is 0. The van der Waals surface area contributed by atoms with Crippen molar-refractivity contribution >= 4 is 0 Å². The highest BCUT2D eigenvalue weighted by molar-refractivity contribution is 5.18. The largest absolute Gasteiger partial charge is 0.393 e. The molecule has 0 radical (unpaired) electrons. The van der Waals surface area contributed by atoms with Crippen LogP contribution in [0.3, 0.4) is 0 Å². The first kappa shape index (κ1) is 13.1. The van der Waals surface area contributed by atoms with Crippen LogP contribution in [0.5, 0.6) is 0 Å². The number of rotatable bonds is 5. The number of aliphatic hydroxyl groups excluding tert-OH is 1. The van der Waals surface area contributed by atoms with Crippen LogP contribution in [0.15, 0.2) is 18.2 Å². The van der Waals surface area contributed by atoms with Crippen LogP contribution in [0.2, 0.25) is 0 Å². The lowest BCUT2D eigenvalue weighted by molar-refractivity contribution is 0.170. The summed E-state index contributed by atoms with van der Waals surface area (Å²) in [5.74, 6) is -0.862. The van der Waals surface area contributed by atoms with E-state index in [0.717, 1.165) is 12.1 Å². The van der Waals surface area contributed by atoms with E-state index < -0.39 is 17.7 Å². The van der Waals surface area contributed by atoms with Gasteiger partial charge in [0.25, 0.3) is 0 Å². The van der Waals surface area contributed by atoms with E-state index in [9.17, 15) is 8.78 Å². The number of benzene rings is 1. The van der Waals surface area contributed by atoms with Gasteiger partial charge in [-0.3, -0.25) is 0 Å². The van der Waals surface area contributed by atoms with E-state index in [-0.39, 0.29) is 12.6 Å². The summed E-state index contributed by atoms with van der Waals surface area (Å²) in [5.41, 5.74) is 0.303. The van der Waals surface area contributed by atoms with Gasteiger partial charge in [0.1, 0.15) is 11.6 Å². The molecule has 0 fully saturated rings. The zero-order valence-electron chi connectivity index (χ0n) is 9.50. The molecule has 1 rings (SSSR count). The monoisotopic (exact) mass is 229 g/mol. The molecule has 0 aliphatic heterocycles. The molecule has 2 nitrogen and oxygen atoms in total. The van der Waals surface area contributed by atoms with Crippen LogP contribution in [-0.2, 0) is 6.54 Å². The Balaban J connectivity index is 2.51. The van der Waals surface area contributed by atoms with Crippen molar-refractivity contribution in [3.05, 3.63) is 35.4 Å². The van der Waals surface area contributed by atoms with Gasteiger partial charge in [-0.05, 0) is 38.5 Å². The lowest BCUT2D eigenvalue weighted by Crippen LogP contribution is -2.29. The molecule has 0 aromatic heterocycles. The fourth-order valence-corrected chi connectivity index (χ4v) is 1.56. The van der Waals surface area contributed by atoms with Gasteiger partial charge in [-0.15, -0.1) is 0 Å². The maximum Gasteiger partial charge on any atom is 0.127 e. The fraction of sp³-hybridized carbons (Fsp3) is 0.500. The highest BCUT2D eigenvalue weighted by Gasteiger charge is 2.08. The van der Waals surface area contributed by atoms with Crippen LogP contribution in [0.4, 0.5) is 8.78 Å². The van der Waals surface area contributed by atoms with Gasteiger partial charge >= 0.3 is 0 Å². The average Bonchev–Trinajstić information content (AvgIpc) is 2.18. The smallest absolute Gasteiger partial charge is 0.127 e. The molecule has 1 aromatic carbocycles. The van der Waals surface area contributed by atoms with Gasteiger partial charge in [-0.25, -0.2) is 8.78 Å². The third-order valence-electron chi connectivity index (χ3n) is 2.34. The Morgan fingerprint density at radius 1 is 1.31 bits per heavy atom. The quantitative estimate of drug-likeness (QED) is 0.811. The van der Waals surface area contributed by atoms with Crippen molar-refractivity contribution in [2.24, 2.45) is 0 Å². The van der Waals surface area contributed by atoms with Crippen LogP contribution in [-0.4, -0.2) is 17.3 Å². The number of hydrogen-bond donors (Lipinski definition) is 2. The maximum absolute atomic E-state index is 13.2. The second-order valence-electron chi connectivity index (χ2n) is 4.10. The lowest BCUT2D eigenvalue weighted by atomic mass is 10.1. The van der Waals surface area contributed by atoms with Crippen molar-refractivity contribution in [3.8, 4) is 0 Å². The molecule has 16 heavy (non-hydrogen) atoms. The lowest BCUT2D eigenvalue weighted by Gasteiger charge is -2.15. The summed E-state index contributed by atoms with van der Waals surface area (Å²) in [6, 6.07) is 3.45. The molecule has 90 valence electrons. The van der Waals surface area contributed by atoms with Crippen molar-refractivity contribution < 1.29 is 13.9 Å². The number of halogens is 2. The molecule has 4 heteroatoms. The summed E-state index contributed by atoms with van der Waals surface area (Å²) in [4.78, 5) is 0. The van der Waals surface area contributed by atoms with Crippen molar-refractivity contribution in [2.75, 3.05) is 0 Å². The highest BCUT2D eigenvalue weighted by atomic mass is 19.1. The molecule has 1 aromatic rings. The van der Waals surface area contributed by atoms with E-state index >= 15 is 0 Å². The summed E-state index contributed by atoms with van der Waals surface area (Å²) in [6.45, 7) is 3.85. The SMILES string of the molecule is CC(O)CC(C)NCc1cc(F)ccc1F. The van der Waals surface area contributed by atoms with Crippen molar-refractivity contribution in [2.45, 2.75) is 39.0 Å². The molecular weight excluding hydrogens is 212 g/mol. The van der Waals surface area contributed by atoms with E-state index in [2.05, 4.69) is 5.32 Å². The Kier molecular flexibility index (Phi) is 4.83. The number of aliphatic hydroxyl groups is 1. The van der Waals surface area contributed by atoms with Gasteiger partial charge in [0.15, 0.2) is 0 Å². The van der Waals surface area contributed by atoms with Gasteiger partial charge in [0, 0.05) is 18.2 Å². The van der Waals surface area contributed by atoms with Crippen LogP contribution < -0.4 is 5.32 Å². The van der Waals surface area contributed by atoms with E-state index in [1.807, 2.05) is 6.92 Å². The minimum Gasteiger partial charge on any atom is -0.393 e. The number of nitrogens with one attached hydrogen (secondary N) is 1. The van der Waals surface area contributed by atoms with E-state index in [1.165, 1.54) is 6.07 Å². The fourth-order valence-electron chi connectivity index (χ4n) is 1.56. The highest BCUT2D eigenvalue weighted by Crippen LogP contribution is 2.10. The summed E-state index contributed by atoms with van der Waals surface area (Å²) in [5, 5.41) is 12.2. The average molecular weight is 229 g/mol. The molecule has 0 bridgehead atoms. The normalized spacial score (nSPS) is 14.8. The van der Waals surface area contributed by atoms with Gasteiger partial charge in [0.05, 0.1) is 6.10 Å². The Morgan fingerprint density at radius 3 is 2.62 bits per heavy atom. The molecule has 0 saturated carbocycles. The maximum atomic E-state index is 13.2. The molecule has 2 N–H and O–H groups in total. The minimum absolute atomic E-state index is 0.0580. The second-order valence-corrected chi connectivity index (χ2v) is 4.10. The Morgan fingerprint density at radius 2 is 2.00 bits per heavy atom. The summed E-state index contributed by atoms with van der Waals surface area (Å²) in [7, 11) is 0. The first-order valence-corrected chi connectivity index (χ1v) is 5.34. The predicted molar refractivity (Wildman–Crippen MR) is 59.0 cm³/mol. The Labute approximate surface area is 94.3 Å². The third kappa shape index (κ3) is 4.24. The van der Waals surface area contributed by atoms with Gasteiger partial charge in [-0.1, -0.05) is 0 Å². The summed E-state index contributed by atoms with van der Waals surface area (Å²) in [6.07, 6.45) is 0.177. The zero-order valence-corrected chi connectivity index (χ0v) is 9.50. The molecular formula is C12H17F2NO. The Bertz CT molecular complexity index is 342. The van der Waals surface area contributed by atoms with E-state index in [4.69, 9.17) is 5.11 Å². The van der Waals surface area contributed by atoms with Gasteiger partial charge in [0.2, 0.25) is 0 Å². The van der Waals surface area contributed by atoms with Crippen LogP contribution in [0, 0.1) is 11.6 Å². The van der Waals surface area contributed by atoms with E-state index in [0.29, 0.717) is 12.0 Å². The first-order chi connectivity index (χ1) is 7.49. The molecule has 0 heterocycles. The second kappa shape index (κ2) is 5.92. The molecule has 0 spiro atoms.